The van der Waals surface area contributed by atoms with E-state index < -0.39 is 0 Å². The summed E-state index contributed by atoms with van der Waals surface area (Å²) >= 11 is 7.42. The number of nitrogens with one attached hydrogen (secondary N) is 1. The van der Waals surface area contributed by atoms with Gasteiger partial charge in [-0.05, 0) is 26.0 Å². The minimum atomic E-state index is 0.216. The second kappa shape index (κ2) is 6.71. The molecule has 0 amide bonds. The molecule has 3 N–H and O–H groups in total. The predicted molar refractivity (Wildman–Crippen MR) is 84.5 cm³/mol. The van der Waals surface area contributed by atoms with Crippen LogP contribution in [0.25, 0.3) is 0 Å². The number of halogens is 1. The maximum Gasteiger partial charge on any atom is 0.231 e. The van der Waals surface area contributed by atoms with Crippen LogP contribution in [-0.2, 0) is 6.54 Å². The zero-order valence-electron chi connectivity index (χ0n) is 11.4. The highest BCUT2D eigenvalue weighted by Crippen LogP contribution is 2.22. The number of hydrogen-bond acceptors (Lipinski definition) is 7. The van der Waals surface area contributed by atoms with Crippen LogP contribution >= 0.6 is 22.9 Å². The van der Waals surface area contributed by atoms with Gasteiger partial charge in [0.15, 0.2) is 0 Å². The van der Waals surface area contributed by atoms with Crippen molar-refractivity contribution < 1.29 is 0 Å². The monoisotopic (exact) mass is 312 g/mol. The molecule has 0 saturated carbocycles. The molecule has 0 spiro atoms. The van der Waals surface area contributed by atoms with E-state index >= 15 is 0 Å². The molecule has 2 heterocycles. The average molecular weight is 313 g/mol. The first-order chi connectivity index (χ1) is 9.62. The van der Waals surface area contributed by atoms with Crippen LogP contribution in [0.15, 0.2) is 12.1 Å². The normalized spacial score (nSPS) is 10.6. The summed E-state index contributed by atoms with van der Waals surface area (Å²) in [4.78, 5) is 15.8. The molecule has 0 aromatic carbocycles. The Kier molecular flexibility index (Phi) is 4.97. The maximum atomic E-state index is 5.89. The molecule has 0 aliphatic carbocycles. The molecule has 0 radical (unpaired) electrons. The van der Waals surface area contributed by atoms with E-state index in [0.717, 1.165) is 22.3 Å². The van der Waals surface area contributed by atoms with E-state index in [1.807, 2.05) is 30.9 Å². The van der Waals surface area contributed by atoms with Gasteiger partial charge in [0.1, 0.15) is 0 Å². The van der Waals surface area contributed by atoms with Crippen molar-refractivity contribution in [2.24, 2.45) is 0 Å². The van der Waals surface area contributed by atoms with Gasteiger partial charge in [-0.3, -0.25) is 0 Å². The van der Waals surface area contributed by atoms with E-state index in [1.165, 1.54) is 11.3 Å². The Labute approximate surface area is 127 Å². The van der Waals surface area contributed by atoms with Gasteiger partial charge in [0, 0.05) is 18.0 Å². The van der Waals surface area contributed by atoms with Crippen LogP contribution in [0.1, 0.15) is 18.7 Å². The molecule has 0 atom stereocenters. The molecule has 0 fully saturated rings. The van der Waals surface area contributed by atoms with Crippen molar-refractivity contribution in [1.29, 1.82) is 0 Å². The molecule has 2 aromatic heterocycles. The fourth-order valence-electron chi connectivity index (χ4n) is 1.72. The molecule has 8 heteroatoms. The first kappa shape index (κ1) is 14.8. The van der Waals surface area contributed by atoms with Gasteiger partial charge in [-0.1, -0.05) is 11.6 Å². The Hall–Kier alpha value is -1.60. The van der Waals surface area contributed by atoms with Gasteiger partial charge in [-0.2, -0.15) is 15.0 Å². The zero-order valence-corrected chi connectivity index (χ0v) is 13.0. The highest BCUT2D eigenvalue weighted by atomic mass is 35.5. The quantitative estimate of drug-likeness (QED) is 0.853. The summed E-state index contributed by atoms with van der Waals surface area (Å²) in [5.74, 6) is 1.28. The number of hydrogen-bond donors (Lipinski definition) is 2. The number of aromatic nitrogens is 3. The zero-order chi connectivity index (χ0) is 14.5. The molecule has 6 nitrogen and oxygen atoms in total. The summed E-state index contributed by atoms with van der Waals surface area (Å²) in [5.41, 5.74) is 5.73. The SMILES string of the molecule is CCN(CC)c1nc(N)nc(NCc2ccc(Cl)s2)n1. The fourth-order valence-corrected chi connectivity index (χ4v) is 2.75. The Morgan fingerprint density at radius 1 is 1.25 bits per heavy atom. The summed E-state index contributed by atoms with van der Waals surface area (Å²) in [5, 5.41) is 3.14. The standard InChI is InChI=1S/C12H17ClN6S/c1-3-19(4-2)12-17-10(14)16-11(18-12)15-7-8-5-6-9(13)20-8/h5-6H,3-4,7H2,1-2H3,(H3,14,15,16,17,18). The Bertz CT molecular complexity index is 569. The molecule has 108 valence electrons. The molecule has 0 aliphatic rings. The van der Waals surface area contributed by atoms with Crippen LogP contribution in [0, 0.1) is 0 Å². The van der Waals surface area contributed by atoms with Gasteiger partial charge in [-0.25, -0.2) is 0 Å². The smallest absolute Gasteiger partial charge is 0.231 e. The molecule has 0 bridgehead atoms. The van der Waals surface area contributed by atoms with Crippen LogP contribution in [0.2, 0.25) is 4.34 Å². The van der Waals surface area contributed by atoms with Gasteiger partial charge in [0.2, 0.25) is 17.8 Å². The molecule has 0 saturated heterocycles. The Morgan fingerprint density at radius 3 is 2.60 bits per heavy atom. The lowest BCUT2D eigenvalue weighted by Gasteiger charge is -2.18. The third-order valence-corrected chi connectivity index (χ3v) is 3.97. The van der Waals surface area contributed by atoms with Crippen LogP contribution in [0.4, 0.5) is 17.8 Å². The molecule has 2 aromatic rings. The van der Waals surface area contributed by atoms with Crippen molar-refractivity contribution in [3.05, 3.63) is 21.3 Å². The van der Waals surface area contributed by atoms with Crippen molar-refractivity contribution >= 4 is 40.8 Å². The molecule has 2 rings (SSSR count). The summed E-state index contributed by atoms with van der Waals surface area (Å²) in [6.07, 6.45) is 0. The number of nitrogen functional groups attached to an aromatic ring is 1. The largest absolute Gasteiger partial charge is 0.368 e. The second-order valence-corrected chi connectivity index (χ2v) is 5.85. The van der Waals surface area contributed by atoms with Crippen molar-refractivity contribution in [2.45, 2.75) is 20.4 Å². The minimum absolute atomic E-state index is 0.216. The summed E-state index contributed by atoms with van der Waals surface area (Å²) in [6, 6.07) is 3.84. The van der Waals surface area contributed by atoms with E-state index in [0.29, 0.717) is 18.4 Å². The van der Waals surface area contributed by atoms with Crippen LogP contribution in [0.5, 0.6) is 0 Å². The van der Waals surface area contributed by atoms with Crippen molar-refractivity contribution in [3.8, 4) is 0 Å². The summed E-state index contributed by atoms with van der Waals surface area (Å²) in [6.45, 7) is 6.34. The molecule has 20 heavy (non-hydrogen) atoms. The topological polar surface area (TPSA) is 80.0 Å². The number of nitrogens with two attached hydrogens (primary N) is 1. The predicted octanol–water partition coefficient (Wildman–Crippen LogP) is 2.63. The van der Waals surface area contributed by atoms with Gasteiger partial charge in [0.05, 0.1) is 10.9 Å². The lowest BCUT2D eigenvalue weighted by atomic mass is 10.5. The first-order valence-corrected chi connectivity index (χ1v) is 7.56. The van der Waals surface area contributed by atoms with Gasteiger partial charge >= 0.3 is 0 Å². The third-order valence-electron chi connectivity index (χ3n) is 2.74. The Morgan fingerprint density at radius 2 is 2.00 bits per heavy atom. The number of nitrogens with zero attached hydrogens (tertiary/aromatic N) is 4. The van der Waals surface area contributed by atoms with Crippen molar-refractivity contribution in [2.75, 3.05) is 29.0 Å². The fraction of sp³-hybridized carbons (Fsp3) is 0.417. The second-order valence-electron chi connectivity index (χ2n) is 4.05. The van der Waals surface area contributed by atoms with E-state index in [2.05, 4.69) is 20.3 Å². The van der Waals surface area contributed by atoms with E-state index in [1.54, 1.807) is 0 Å². The van der Waals surface area contributed by atoms with Gasteiger partial charge < -0.3 is 16.0 Å². The first-order valence-electron chi connectivity index (χ1n) is 6.37. The molecular formula is C12H17ClN6S. The average Bonchev–Trinajstić information content (AvgIpc) is 2.83. The van der Waals surface area contributed by atoms with Crippen LogP contribution in [0.3, 0.4) is 0 Å². The summed E-state index contributed by atoms with van der Waals surface area (Å²) in [7, 11) is 0. The summed E-state index contributed by atoms with van der Waals surface area (Å²) < 4.78 is 0.765. The number of anilines is 3. The molecular weight excluding hydrogens is 296 g/mol. The third kappa shape index (κ3) is 3.71. The van der Waals surface area contributed by atoms with Crippen LogP contribution < -0.4 is 16.0 Å². The maximum absolute atomic E-state index is 5.89. The lowest BCUT2D eigenvalue weighted by molar-refractivity contribution is 0.814. The van der Waals surface area contributed by atoms with Gasteiger partial charge in [-0.15, -0.1) is 11.3 Å². The van der Waals surface area contributed by atoms with Crippen LogP contribution in [-0.4, -0.2) is 28.0 Å². The Balaban J connectivity index is 2.11. The highest BCUT2D eigenvalue weighted by Gasteiger charge is 2.09. The van der Waals surface area contributed by atoms with E-state index in [9.17, 15) is 0 Å². The number of rotatable bonds is 6. The van der Waals surface area contributed by atoms with Crippen molar-refractivity contribution in [1.82, 2.24) is 15.0 Å². The highest BCUT2D eigenvalue weighted by molar-refractivity contribution is 7.16. The van der Waals surface area contributed by atoms with E-state index in [4.69, 9.17) is 17.3 Å². The lowest BCUT2D eigenvalue weighted by Crippen LogP contribution is -2.25. The van der Waals surface area contributed by atoms with Gasteiger partial charge in [0.25, 0.3) is 0 Å². The number of thiophene rings is 1. The van der Waals surface area contributed by atoms with E-state index in [-0.39, 0.29) is 5.95 Å². The van der Waals surface area contributed by atoms with Crippen molar-refractivity contribution in [3.63, 3.8) is 0 Å². The molecule has 0 unspecified atom stereocenters. The molecule has 0 aliphatic heterocycles. The minimum Gasteiger partial charge on any atom is -0.368 e.